The van der Waals surface area contributed by atoms with Crippen LogP contribution in [-0.2, 0) is 0 Å². The predicted molar refractivity (Wildman–Crippen MR) is 200 cm³/mol. The fraction of sp³-hybridized carbons (Fsp3) is 0. The summed E-state index contributed by atoms with van der Waals surface area (Å²) in [6.07, 6.45) is 0. The zero-order chi connectivity index (χ0) is 32.6. The maximum atomic E-state index is 6.70. The lowest BCUT2D eigenvalue weighted by atomic mass is 9.95. The summed E-state index contributed by atoms with van der Waals surface area (Å²) >= 11 is 0. The Bertz CT molecular complexity index is 2560. The summed E-state index contributed by atoms with van der Waals surface area (Å²) in [6, 6.07) is 60.4. The van der Waals surface area contributed by atoms with Gasteiger partial charge in [0.25, 0.3) is 0 Å². The van der Waals surface area contributed by atoms with Crippen molar-refractivity contribution >= 4 is 21.9 Å². The zero-order valence-corrected chi connectivity index (χ0v) is 26.5. The van der Waals surface area contributed by atoms with E-state index in [2.05, 4.69) is 115 Å². The van der Waals surface area contributed by atoms with Crippen LogP contribution in [0, 0.1) is 0 Å². The number of furan rings is 1. The highest BCUT2D eigenvalue weighted by Crippen LogP contribution is 2.42. The van der Waals surface area contributed by atoms with Crippen molar-refractivity contribution in [1.82, 2.24) is 15.0 Å². The summed E-state index contributed by atoms with van der Waals surface area (Å²) < 4.78 is 6.70. The van der Waals surface area contributed by atoms with Gasteiger partial charge >= 0.3 is 0 Å². The molecule has 0 fully saturated rings. The summed E-state index contributed by atoms with van der Waals surface area (Å²) in [4.78, 5) is 15.2. The van der Waals surface area contributed by atoms with Crippen LogP contribution in [-0.4, -0.2) is 15.0 Å². The summed E-state index contributed by atoms with van der Waals surface area (Å²) in [5.74, 6) is 1.83. The third kappa shape index (κ3) is 5.35. The fourth-order valence-electron chi connectivity index (χ4n) is 6.53. The second kappa shape index (κ2) is 12.2. The molecule has 0 atom stereocenters. The zero-order valence-electron chi connectivity index (χ0n) is 26.5. The van der Waals surface area contributed by atoms with Crippen molar-refractivity contribution in [3.8, 4) is 67.5 Å². The van der Waals surface area contributed by atoms with Gasteiger partial charge in [-0.1, -0.05) is 158 Å². The van der Waals surface area contributed by atoms with Crippen LogP contribution in [0.15, 0.2) is 180 Å². The van der Waals surface area contributed by atoms with E-state index in [1.807, 2.05) is 60.7 Å². The molecule has 0 unspecified atom stereocenters. The Morgan fingerprint density at radius 1 is 0.327 bits per heavy atom. The highest BCUT2D eigenvalue weighted by Gasteiger charge is 2.21. The number of hydrogen-bond donors (Lipinski definition) is 0. The van der Waals surface area contributed by atoms with E-state index in [4.69, 9.17) is 19.4 Å². The van der Waals surface area contributed by atoms with Crippen molar-refractivity contribution in [2.45, 2.75) is 0 Å². The molecule has 2 heterocycles. The SMILES string of the molecule is c1ccc(-c2ccc(-c3nc(-c4ccccc4)nc(-c4cccc5oc6c(-c7ccccc7)cc(-c7ccccc7)cc6c45)n3)cc2)cc1. The van der Waals surface area contributed by atoms with Gasteiger partial charge in [-0.05, 0) is 46.0 Å². The lowest BCUT2D eigenvalue weighted by Gasteiger charge is -2.10. The lowest BCUT2D eigenvalue weighted by Crippen LogP contribution is -2.00. The molecule has 7 aromatic carbocycles. The van der Waals surface area contributed by atoms with E-state index in [1.165, 1.54) is 5.56 Å². The second-order valence-corrected chi connectivity index (χ2v) is 12.0. The minimum atomic E-state index is 0.593. The first-order chi connectivity index (χ1) is 24.3. The largest absolute Gasteiger partial charge is 0.455 e. The maximum Gasteiger partial charge on any atom is 0.164 e. The maximum absolute atomic E-state index is 6.70. The van der Waals surface area contributed by atoms with Crippen LogP contribution in [0.1, 0.15) is 0 Å². The molecule has 49 heavy (non-hydrogen) atoms. The first kappa shape index (κ1) is 28.6. The number of aromatic nitrogens is 3. The molecule has 0 amide bonds. The lowest BCUT2D eigenvalue weighted by molar-refractivity contribution is 0.670. The van der Waals surface area contributed by atoms with Crippen molar-refractivity contribution in [1.29, 1.82) is 0 Å². The Labute approximate surface area is 284 Å². The van der Waals surface area contributed by atoms with E-state index in [9.17, 15) is 0 Å². The smallest absolute Gasteiger partial charge is 0.164 e. The molecule has 0 N–H and O–H groups in total. The molecular formula is C45H29N3O. The Morgan fingerprint density at radius 3 is 1.41 bits per heavy atom. The van der Waals surface area contributed by atoms with Gasteiger partial charge < -0.3 is 4.42 Å². The van der Waals surface area contributed by atoms with Crippen molar-refractivity contribution in [3.63, 3.8) is 0 Å². The Hall–Kier alpha value is -6.65. The van der Waals surface area contributed by atoms with Crippen molar-refractivity contribution in [3.05, 3.63) is 176 Å². The van der Waals surface area contributed by atoms with E-state index < -0.39 is 0 Å². The number of benzene rings is 7. The topological polar surface area (TPSA) is 51.8 Å². The van der Waals surface area contributed by atoms with Gasteiger partial charge in [0.15, 0.2) is 17.5 Å². The number of hydrogen-bond acceptors (Lipinski definition) is 4. The fourth-order valence-corrected chi connectivity index (χ4v) is 6.53. The van der Waals surface area contributed by atoms with Crippen LogP contribution < -0.4 is 0 Å². The summed E-state index contributed by atoms with van der Waals surface area (Å²) in [6.45, 7) is 0. The third-order valence-corrected chi connectivity index (χ3v) is 8.95. The molecule has 0 spiro atoms. The molecule has 0 saturated carbocycles. The van der Waals surface area contributed by atoms with Crippen molar-refractivity contribution in [2.75, 3.05) is 0 Å². The average molecular weight is 628 g/mol. The van der Waals surface area contributed by atoms with Crippen LogP contribution in [0.25, 0.3) is 89.5 Å². The first-order valence-electron chi connectivity index (χ1n) is 16.4. The van der Waals surface area contributed by atoms with Crippen LogP contribution >= 0.6 is 0 Å². The summed E-state index contributed by atoms with van der Waals surface area (Å²) in [5, 5.41) is 1.99. The molecule has 0 saturated heterocycles. The van der Waals surface area contributed by atoms with E-state index in [1.54, 1.807) is 0 Å². The third-order valence-electron chi connectivity index (χ3n) is 8.95. The van der Waals surface area contributed by atoms with Gasteiger partial charge in [-0.3, -0.25) is 0 Å². The van der Waals surface area contributed by atoms with Crippen LogP contribution in [0.2, 0.25) is 0 Å². The molecular weight excluding hydrogens is 599 g/mol. The Kier molecular flexibility index (Phi) is 7.10. The minimum absolute atomic E-state index is 0.593. The van der Waals surface area contributed by atoms with E-state index in [-0.39, 0.29) is 0 Å². The Morgan fingerprint density at radius 2 is 0.796 bits per heavy atom. The molecule has 0 bridgehead atoms. The summed E-state index contributed by atoms with van der Waals surface area (Å²) in [5.41, 5.74) is 11.1. The molecule has 4 nitrogen and oxygen atoms in total. The molecule has 0 aliphatic carbocycles. The number of fused-ring (bicyclic) bond motifs is 3. The molecule has 9 aromatic rings. The van der Waals surface area contributed by atoms with Crippen molar-refractivity contribution in [2.24, 2.45) is 0 Å². The second-order valence-electron chi connectivity index (χ2n) is 12.0. The number of rotatable bonds is 6. The van der Waals surface area contributed by atoms with Crippen LogP contribution in [0.3, 0.4) is 0 Å². The van der Waals surface area contributed by atoms with Gasteiger partial charge in [-0.25, -0.2) is 15.0 Å². The first-order valence-corrected chi connectivity index (χ1v) is 16.4. The van der Waals surface area contributed by atoms with E-state index in [0.717, 1.165) is 66.4 Å². The van der Waals surface area contributed by atoms with E-state index in [0.29, 0.717) is 17.5 Å². The predicted octanol–water partition coefficient (Wildman–Crippen LogP) is 11.8. The molecule has 0 aliphatic heterocycles. The van der Waals surface area contributed by atoms with Crippen LogP contribution in [0.5, 0.6) is 0 Å². The molecule has 9 rings (SSSR count). The van der Waals surface area contributed by atoms with Crippen molar-refractivity contribution < 1.29 is 4.42 Å². The van der Waals surface area contributed by atoms with Gasteiger partial charge in [-0.15, -0.1) is 0 Å². The van der Waals surface area contributed by atoms with Gasteiger partial charge in [0.1, 0.15) is 11.2 Å². The van der Waals surface area contributed by atoms with Gasteiger partial charge in [0.2, 0.25) is 0 Å². The molecule has 0 aliphatic rings. The standard InChI is InChI=1S/C45H29N3O/c1-5-14-30(15-6-1)32-24-26-35(27-25-32)44-46-43(34-20-11-4-12-21-34)47-45(48-44)37-22-13-23-40-41(37)39-29-36(31-16-7-2-8-17-31)28-38(42(39)49-40)33-18-9-3-10-19-33/h1-29H. The van der Waals surface area contributed by atoms with Gasteiger partial charge in [0, 0.05) is 33.0 Å². The monoisotopic (exact) mass is 627 g/mol. The quantitative estimate of drug-likeness (QED) is 0.184. The summed E-state index contributed by atoms with van der Waals surface area (Å²) in [7, 11) is 0. The number of nitrogens with zero attached hydrogens (tertiary/aromatic N) is 3. The minimum Gasteiger partial charge on any atom is -0.455 e. The molecule has 0 radical (unpaired) electrons. The Balaban J connectivity index is 1.28. The molecule has 4 heteroatoms. The van der Waals surface area contributed by atoms with E-state index >= 15 is 0 Å². The normalized spacial score (nSPS) is 11.3. The highest BCUT2D eigenvalue weighted by atomic mass is 16.3. The molecule has 2 aromatic heterocycles. The highest BCUT2D eigenvalue weighted by molar-refractivity contribution is 6.16. The average Bonchev–Trinajstić information content (AvgIpc) is 3.58. The van der Waals surface area contributed by atoms with Gasteiger partial charge in [-0.2, -0.15) is 0 Å². The molecule has 230 valence electrons. The van der Waals surface area contributed by atoms with Crippen LogP contribution in [0.4, 0.5) is 0 Å². The van der Waals surface area contributed by atoms with Gasteiger partial charge in [0.05, 0.1) is 0 Å².